The Kier molecular flexibility index (Phi) is 5.15. The maximum absolute atomic E-state index is 13.4. The summed E-state index contributed by atoms with van der Waals surface area (Å²) in [5, 5.41) is 13.5. The van der Waals surface area contributed by atoms with Crippen molar-refractivity contribution in [3.63, 3.8) is 0 Å². The van der Waals surface area contributed by atoms with E-state index < -0.39 is 26.5 Å². The molecular weight excluding hydrogens is 289 g/mol. The Morgan fingerprint density at radius 1 is 1.45 bits per heavy atom. The second-order valence-corrected chi connectivity index (χ2v) is 6.27. The van der Waals surface area contributed by atoms with Crippen LogP contribution >= 0.6 is 0 Å². The number of sulfonamides is 1. The lowest BCUT2D eigenvalue weighted by atomic mass is 10.2. The van der Waals surface area contributed by atoms with Crippen molar-refractivity contribution in [1.29, 1.82) is 0 Å². The number of benzene rings is 1. The third kappa shape index (κ3) is 3.30. The summed E-state index contributed by atoms with van der Waals surface area (Å²) in [5.41, 5.74) is -0.722. The summed E-state index contributed by atoms with van der Waals surface area (Å²) in [5.74, 6) is -1.05. The standard InChI is InChI=1S/C11H16FN3O4S/c1-8-6-9(12)10(15(16)17)7-11(8)20(18,19)14(3)5-4-13-2/h6-7,13H,4-5H2,1-3H3. The minimum atomic E-state index is -3.89. The smallest absolute Gasteiger partial charge is 0.306 e. The van der Waals surface area contributed by atoms with Crippen molar-refractivity contribution < 1.29 is 17.7 Å². The van der Waals surface area contributed by atoms with Gasteiger partial charge in [0.1, 0.15) is 0 Å². The fraction of sp³-hybridized carbons (Fsp3) is 0.455. The molecule has 1 rings (SSSR count). The Morgan fingerprint density at radius 3 is 2.55 bits per heavy atom. The first-order chi connectivity index (χ1) is 9.21. The fourth-order valence-corrected chi connectivity index (χ4v) is 3.01. The Hall–Kier alpha value is -1.58. The van der Waals surface area contributed by atoms with Crippen LogP contribution in [0.15, 0.2) is 17.0 Å². The summed E-state index contributed by atoms with van der Waals surface area (Å²) in [6.07, 6.45) is 0. The van der Waals surface area contributed by atoms with E-state index in [1.165, 1.54) is 14.0 Å². The lowest BCUT2D eigenvalue weighted by molar-refractivity contribution is -0.387. The first-order valence-corrected chi connectivity index (χ1v) is 7.21. The number of nitro groups is 1. The molecule has 9 heteroatoms. The molecule has 0 bridgehead atoms. The molecule has 0 aliphatic heterocycles. The van der Waals surface area contributed by atoms with E-state index in [2.05, 4.69) is 5.32 Å². The van der Waals surface area contributed by atoms with Crippen LogP contribution in [-0.4, -0.2) is 44.8 Å². The minimum Gasteiger partial charge on any atom is -0.318 e. The minimum absolute atomic E-state index is 0.129. The molecule has 0 heterocycles. The largest absolute Gasteiger partial charge is 0.318 e. The number of aryl methyl sites for hydroxylation is 1. The van der Waals surface area contributed by atoms with Gasteiger partial charge < -0.3 is 5.32 Å². The molecule has 0 atom stereocenters. The summed E-state index contributed by atoms with van der Waals surface area (Å²) in [6, 6.07) is 1.62. The van der Waals surface area contributed by atoms with Gasteiger partial charge in [-0.3, -0.25) is 10.1 Å². The third-order valence-corrected chi connectivity index (χ3v) is 4.80. The number of hydrogen-bond acceptors (Lipinski definition) is 5. The van der Waals surface area contributed by atoms with Gasteiger partial charge in [0.15, 0.2) is 0 Å². The Morgan fingerprint density at radius 2 is 2.05 bits per heavy atom. The van der Waals surface area contributed by atoms with Gasteiger partial charge in [-0.25, -0.2) is 8.42 Å². The summed E-state index contributed by atoms with van der Waals surface area (Å²) in [6.45, 7) is 2.02. The zero-order chi connectivity index (χ0) is 15.5. The van der Waals surface area contributed by atoms with E-state index in [4.69, 9.17) is 0 Å². The molecule has 0 spiro atoms. The van der Waals surface area contributed by atoms with E-state index in [0.29, 0.717) is 6.54 Å². The van der Waals surface area contributed by atoms with Crippen molar-refractivity contribution in [3.05, 3.63) is 33.6 Å². The van der Waals surface area contributed by atoms with Gasteiger partial charge in [0.05, 0.1) is 9.82 Å². The normalized spacial score (nSPS) is 11.8. The van der Waals surface area contributed by atoms with Crippen LogP contribution in [0.4, 0.5) is 10.1 Å². The molecule has 1 aromatic rings. The monoisotopic (exact) mass is 305 g/mol. The lowest BCUT2D eigenvalue weighted by Gasteiger charge is -2.18. The summed E-state index contributed by atoms with van der Waals surface area (Å²) in [4.78, 5) is 9.50. The van der Waals surface area contributed by atoms with Crippen molar-refractivity contribution in [1.82, 2.24) is 9.62 Å². The predicted molar refractivity (Wildman–Crippen MR) is 71.5 cm³/mol. The Balaban J connectivity index is 3.31. The number of nitro benzene ring substituents is 1. The van der Waals surface area contributed by atoms with Crippen LogP contribution in [0, 0.1) is 22.9 Å². The molecule has 0 aliphatic rings. The van der Waals surface area contributed by atoms with E-state index in [-0.39, 0.29) is 17.0 Å². The third-order valence-electron chi connectivity index (χ3n) is 2.81. The van der Waals surface area contributed by atoms with Crippen molar-refractivity contribution >= 4 is 15.7 Å². The number of halogens is 1. The summed E-state index contributed by atoms with van der Waals surface area (Å²) >= 11 is 0. The molecule has 0 saturated heterocycles. The number of likely N-dealkylation sites (N-methyl/N-ethyl adjacent to an activating group) is 2. The van der Waals surface area contributed by atoms with E-state index in [9.17, 15) is 22.9 Å². The highest BCUT2D eigenvalue weighted by molar-refractivity contribution is 7.89. The Bertz CT molecular complexity index is 618. The van der Waals surface area contributed by atoms with Crippen LogP contribution in [0.1, 0.15) is 5.56 Å². The van der Waals surface area contributed by atoms with Gasteiger partial charge in [-0.2, -0.15) is 8.70 Å². The van der Waals surface area contributed by atoms with E-state index in [0.717, 1.165) is 16.4 Å². The lowest BCUT2D eigenvalue weighted by Crippen LogP contribution is -2.33. The molecule has 1 N–H and O–H groups in total. The first kappa shape index (κ1) is 16.5. The fourth-order valence-electron chi connectivity index (χ4n) is 1.62. The van der Waals surface area contributed by atoms with Gasteiger partial charge in [0.25, 0.3) is 0 Å². The van der Waals surface area contributed by atoms with Gasteiger partial charge in [0, 0.05) is 26.2 Å². The van der Waals surface area contributed by atoms with Gasteiger partial charge >= 0.3 is 5.69 Å². The van der Waals surface area contributed by atoms with E-state index >= 15 is 0 Å². The highest BCUT2D eigenvalue weighted by Gasteiger charge is 2.27. The average Bonchev–Trinajstić information content (AvgIpc) is 2.34. The van der Waals surface area contributed by atoms with Crippen LogP contribution in [0.5, 0.6) is 0 Å². The molecule has 1 aromatic carbocycles. The van der Waals surface area contributed by atoms with Crippen molar-refractivity contribution in [2.75, 3.05) is 27.2 Å². The Labute approximate surface area is 116 Å². The summed E-state index contributed by atoms with van der Waals surface area (Å²) < 4.78 is 39.1. The highest BCUT2D eigenvalue weighted by atomic mass is 32.2. The average molecular weight is 305 g/mol. The van der Waals surface area contributed by atoms with E-state index in [1.54, 1.807) is 7.05 Å². The second-order valence-electron chi connectivity index (χ2n) is 4.26. The van der Waals surface area contributed by atoms with Gasteiger partial charge in [-0.15, -0.1) is 0 Å². The van der Waals surface area contributed by atoms with Gasteiger partial charge in [0.2, 0.25) is 15.8 Å². The number of rotatable bonds is 6. The van der Waals surface area contributed by atoms with Crippen molar-refractivity contribution in [2.24, 2.45) is 0 Å². The molecule has 0 fully saturated rings. The molecule has 7 nitrogen and oxygen atoms in total. The van der Waals surface area contributed by atoms with Crippen LogP contribution in [0.2, 0.25) is 0 Å². The first-order valence-electron chi connectivity index (χ1n) is 5.77. The van der Waals surface area contributed by atoms with Gasteiger partial charge in [-0.1, -0.05) is 0 Å². The molecule has 0 radical (unpaired) electrons. The zero-order valence-corrected chi connectivity index (χ0v) is 12.2. The topological polar surface area (TPSA) is 92.6 Å². The highest BCUT2D eigenvalue weighted by Crippen LogP contribution is 2.26. The number of nitrogens with zero attached hydrogens (tertiary/aromatic N) is 2. The molecule has 0 aliphatic carbocycles. The van der Waals surface area contributed by atoms with Gasteiger partial charge in [-0.05, 0) is 25.6 Å². The molecule has 0 amide bonds. The quantitative estimate of drug-likeness (QED) is 0.622. The van der Waals surface area contributed by atoms with Crippen LogP contribution < -0.4 is 5.32 Å². The summed E-state index contributed by atoms with van der Waals surface area (Å²) in [7, 11) is -0.855. The maximum atomic E-state index is 13.4. The molecule has 0 saturated carbocycles. The zero-order valence-electron chi connectivity index (χ0n) is 11.4. The molecule has 20 heavy (non-hydrogen) atoms. The van der Waals surface area contributed by atoms with Crippen molar-refractivity contribution in [3.8, 4) is 0 Å². The number of nitrogens with one attached hydrogen (secondary N) is 1. The van der Waals surface area contributed by atoms with Crippen LogP contribution in [-0.2, 0) is 10.0 Å². The SMILES string of the molecule is CNCCN(C)S(=O)(=O)c1cc([N+](=O)[O-])c(F)cc1C. The van der Waals surface area contributed by atoms with Crippen molar-refractivity contribution in [2.45, 2.75) is 11.8 Å². The molecule has 0 aromatic heterocycles. The molecule has 0 unspecified atom stereocenters. The molecular formula is C11H16FN3O4S. The maximum Gasteiger partial charge on any atom is 0.306 e. The van der Waals surface area contributed by atoms with E-state index in [1.807, 2.05) is 0 Å². The van der Waals surface area contributed by atoms with Crippen LogP contribution in [0.3, 0.4) is 0 Å². The van der Waals surface area contributed by atoms with Crippen LogP contribution in [0.25, 0.3) is 0 Å². The molecule has 112 valence electrons. The second kappa shape index (κ2) is 6.25. The number of hydrogen-bond donors (Lipinski definition) is 1. The predicted octanol–water partition coefficient (Wildman–Crippen LogP) is 0.882.